The number of nitrogens with zero attached hydrogens (tertiary/aromatic N) is 3. The molecule has 0 atom stereocenters. The van der Waals surface area contributed by atoms with Gasteiger partial charge < -0.3 is 4.52 Å². The normalized spacial score (nSPS) is 10.5. The summed E-state index contributed by atoms with van der Waals surface area (Å²) in [7, 11) is 0. The summed E-state index contributed by atoms with van der Waals surface area (Å²) in [4.78, 5) is 3.90. The molecule has 0 aromatic rings. The van der Waals surface area contributed by atoms with Crippen molar-refractivity contribution >= 4 is 0 Å². The Bertz CT molecular complexity index is 317. The zero-order valence-electron chi connectivity index (χ0n) is 5.40. The van der Waals surface area contributed by atoms with E-state index < -0.39 is 0 Å². The average molecular weight is 135 g/mol. The van der Waals surface area contributed by atoms with Crippen LogP contribution in [-0.2, 0) is 0 Å². The second-order valence-corrected chi connectivity index (χ2v) is 2.04. The van der Waals surface area contributed by atoms with Gasteiger partial charge in [-0.3, -0.25) is 4.98 Å². The van der Waals surface area contributed by atoms with Gasteiger partial charge in [-0.15, -0.1) is 5.10 Å². The summed E-state index contributed by atoms with van der Waals surface area (Å²) < 4.78 is 4.80. The van der Waals surface area contributed by atoms with Crippen LogP contribution in [0.4, 0.5) is 0 Å². The van der Waals surface area contributed by atoms with Crippen LogP contribution in [0.1, 0.15) is 5.76 Å². The van der Waals surface area contributed by atoms with Gasteiger partial charge in [0.15, 0.2) is 0 Å². The molecule has 0 aromatic carbocycles. The summed E-state index contributed by atoms with van der Waals surface area (Å²) in [6.45, 7) is 1.83. The number of rotatable bonds is 0. The Balaban J connectivity index is 2.80. The van der Waals surface area contributed by atoms with Crippen LogP contribution in [-0.4, -0.2) is 15.4 Å². The molecule has 0 bridgehead atoms. The topological polar surface area (TPSA) is 51.8 Å². The summed E-state index contributed by atoms with van der Waals surface area (Å²) in [6, 6.07) is 0. The lowest BCUT2D eigenvalue weighted by Crippen LogP contribution is -1.87. The van der Waals surface area contributed by atoms with Gasteiger partial charge in [-0.25, -0.2) is 0 Å². The summed E-state index contributed by atoms with van der Waals surface area (Å²) in [5.74, 6) is 0.752. The van der Waals surface area contributed by atoms with Crippen molar-refractivity contribution in [3.63, 3.8) is 0 Å². The fraction of sp³-hybridized carbons (Fsp3) is 0.167. The Kier molecular flexibility index (Phi) is 0.943. The molecule has 4 heteroatoms. The van der Waals surface area contributed by atoms with Gasteiger partial charge in [-0.05, 0) is 6.92 Å². The van der Waals surface area contributed by atoms with Gasteiger partial charge in [-0.2, -0.15) is 0 Å². The maximum Gasteiger partial charge on any atom is 0.144 e. The van der Waals surface area contributed by atoms with E-state index in [1.165, 1.54) is 0 Å². The van der Waals surface area contributed by atoms with E-state index in [1.807, 2.05) is 6.92 Å². The van der Waals surface area contributed by atoms with Crippen LogP contribution in [0.15, 0.2) is 16.9 Å². The molecule has 0 saturated carbocycles. The molecule has 0 radical (unpaired) electrons. The van der Waals surface area contributed by atoms with Crippen molar-refractivity contribution < 1.29 is 4.52 Å². The minimum absolute atomic E-state index is 0.752. The van der Waals surface area contributed by atoms with Crippen LogP contribution >= 0.6 is 0 Å². The highest BCUT2D eigenvalue weighted by molar-refractivity contribution is 5.59. The molecular weight excluding hydrogens is 130 g/mol. The highest BCUT2D eigenvalue weighted by Crippen LogP contribution is 2.19. The fourth-order valence-corrected chi connectivity index (χ4v) is 0.844. The molecule has 50 valence electrons. The van der Waals surface area contributed by atoms with E-state index in [-0.39, 0.29) is 0 Å². The summed E-state index contributed by atoms with van der Waals surface area (Å²) in [5, 5.41) is 7.14. The Morgan fingerprint density at radius 2 is 2.30 bits per heavy atom. The first-order chi connectivity index (χ1) is 4.88. The molecule has 2 aliphatic heterocycles. The van der Waals surface area contributed by atoms with Crippen LogP contribution in [0.5, 0.6) is 0 Å². The van der Waals surface area contributed by atoms with Crippen molar-refractivity contribution in [1.29, 1.82) is 0 Å². The largest absolute Gasteiger partial charge is 0.343 e. The van der Waals surface area contributed by atoms with Crippen LogP contribution in [0, 0.1) is 6.92 Å². The smallest absolute Gasteiger partial charge is 0.144 e. The zero-order chi connectivity index (χ0) is 6.97. The van der Waals surface area contributed by atoms with Crippen molar-refractivity contribution in [1.82, 2.24) is 15.4 Å². The highest BCUT2D eigenvalue weighted by Gasteiger charge is 2.08. The SMILES string of the molecule is Cc1onnc2cncc1-2. The maximum absolute atomic E-state index is 4.80. The molecule has 0 unspecified atom stereocenters. The van der Waals surface area contributed by atoms with Crippen LogP contribution < -0.4 is 0 Å². The molecule has 10 heavy (non-hydrogen) atoms. The van der Waals surface area contributed by atoms with E-state index in [0.29, 0.717) is 0 Å². The third kappa shape index (κ3) is 0.586. The van der Waals surface area contributed by atoms with Crippen LogP contribution in [0.25, 0.3) is 11.3 Å². The molecule has 0 aliphatic carbocycles. The molecule has 0 N–H and O–H groups in total. The van der Waals surface area contributed by atoms with E-state index in [9.17, 15) is 0 Å². The molecule has 0 aromatic heterocycles. The van der Waals surface area contributed by atoms with Crippen LogP contribution in [0.3, 0.4) is 0 Å². The van der Waals surface area contributed by atoms with Crippen molar-refractivity contribution in [3.05, 3.63) is 18.2 Å². The molecule has 0 saturated heterocycles. The number of aromatic nitrogens is 3. The lowest BCUT2D eigenvalue weighted by Gasteiger charge is -1.94. The number of aryl methyl sites for hydroxylation is 1. The van der Waals surface area contributed by atoms with Gasteiger partial charge in [0.05, 0.1) is 11.8 Å². The molecule has 0 amide bonds. The second kappa shape index (κ2) is 1.76. The molecule has 2 heterocycles. The van der Waals surface area contributed by atoms with Gasteiger partial charge >= 0.3 is 0 Å². The number of hydrogen-bond donors (Lipinski definition) is 0. The monoisotopic (exact) mass is 135 g/mol. The average Bonchev–Trinajstić information content (AvgIpc) is 2.36. The van der Waals surface area contributed by atoms with Crippen LogP contribution in [0.2, 0.25) is 0 Å². The zero-order valence-corrected chi connectivity index (χ0v) is 5.40. The van der Waals surface area contributed by atoms with E-state index >= 15 is 0 Å². The summed E-state index contributed by atoms with van der Waals surface area (Å²) in [5.41, 5.74) is 1.71. The number of fused-ring (bicyclic) bond motifs is 1. The lowest BCUT2D eigenvalue weighted by atomic mass is 10.2. The Labute approximate surface area is 57.2 Å². The predicted octanol–water partition coefficient (Wildman–Crippen LogP) is 0.878. The van der Waals surface area contributed by atoms with Crippen molar-refractivity contribution in [3.8, 4) is 11.3 Å². The quantitative estimate of drug-likeness (QED) is 0.538. The first-order valence-corrected chi connectivity index (χ1v) is 2.90. The standard InChI is InChI=1S/C6H5N3O/c1-4-5-2-7-3-6(5)8-9-10-4/h2-3H,1H3. The molecular formula is C6H5N3O. The Morgan fingerprint density at radius 1 is 1.40 bits per heavy atom. The minimum atomic E-state index is 0.752. The van der Waals surface area contributed by atoms with E-state index in [4.69, 9.17) is 4.52 Å². The maximum atomic E-state index is 4.80. The minimum Gasteiger partial charge on any atom is -0.343 e. The highest BCUT2D eigenvalue weighted by atomic mass is 16.5. The lowest BCUT2D eigenvalue weighted by molar-refractivity contribution is 0.341. The van der Waals surface area contributed by atoms with Gasteiger partial charge in [0.25, 0.3) is 0 Å². The van der Waals surface area contributed by atoms with Crippen molar-refractivity contribution in [2.75, 3.05) is 0 Å². The van der Waals surface area contributed by atoms with Gasteiger partial charge in [0.2, 0.25) is 0 Å². The van der Waals surface area contributed by atoms with Gasteiger partial charge in [0.1, 0.15) is 11.5 Å². The molecule has 4 nitrogen and oxygen atoms in total. The van der Waals surface area contributed by atoms with Crippen molar-refractivity contribution in [2.24, 2.45) is 0 Å². The first kappa shape index (κ1) is 5.34. The molecule has 0 fully saturated rings. The Morgan fingerprint density at radius 3 is 3.10 bits per heavy atom. The van der Waals surface area contributed by atoms with Gasteiger partial charge in [-0.1, -0.05) is 0 Å². The van der Waals surface area contributed by atoms with Crippen molar-refractivity contribution in [2.45, 2.75) is 6.92 Å². The number of hydrogen-bond acceptors (Lipinski definition) is 4. The predicted molar refractivity (Wildman–Crippen MR) is 33.5 cm³/mol. The molecule has 2 aliphatic rings. The molecule has 0 spiro atoms. The summed E-state index contributed by atoms with van der Waals surface area (Å²) in [6.07, 6.45) is 3.37. The third-order valence-electron chi connectivity index (χ3n) is 1.38. The first-order valence-electron chi connectivity index (χ1n) is 2.90. The third-order valence-corrected chi connectivity index (χ3v) is 1.38. The van der Waals surface area contributed by atoms with E-state index in [0.717, 1.165) is 17.0 Å². The second-order valence-electron chi connectivity index (χ2n) is 2.04. The molecule has 2 rings (SSSR count). The Hall–Kier alpha value is -1.45. The van der Waals surface area contributed by atoms with E-state index in [1.54, 1.807) is 12.4 Å². The van der Waals surface area contributed by atoms with E-state index in [2.05, 4.69) is 15.4 Å². The van der Waals surface area contributed by atoms with Gasteiger partial charge in [0, 0.05) is 11.5 Å². The summed E-state index contributed by atoms with van der Waals surface area (Å²) >= 11 is 0. The fourth-order valence-electron chi connectivity index (χ4n) is 0.844.